The van der Waals surface area contributed by atoms with Crippen LogP contribution in [0.2, 0.25) is 0 Å². The van der Waals surface area contributed by atoms with Crippen molar-refractivity contribution in [1.82, 2.24) is 14.5 Å². The first-order valence-corrected chi connectivity index (χ1v) is 7.41. The molecule has 2 aromatic heterocycles. The Bertz CT molecular complexity index is 771. The molecule has 1 N–H and O–H groups in total. The SMILES string of the molecule is O=C(O)CSc1nc2ccccc2n1Cc1ccncc1. The maximum atomic E-state index is 10.8. The third-order valence-corrected chi connectivity index (χ3v) is 4.00. The van der Waals surface area contributed by atoms with Crippen LogP contribution in [-0.2, 0) is 11.3 Å². The van der Waals surface area contributed by atoms with Crippen molar-refractivity contribution >= 4 is 28.8 Å². The van der Waals surface area contributed by atoms with Gasteiger partial charge in [0.15, 0.2) is 5.16 Å². The smallest absolute Gasteiger partial charge is 0.313 e. The lowest BCUT2D eigenvalue weighted by molar-refractivity contribution is -0.133. The van der Waals surface area contributed by atoms with Crippen LogP contribution in [0.4, 0.5) is 0 Å². The number of imidazole rings is 1. The van der Waals surface area contributed by atoms with Crippen molar-refractivity contribution in [2.45, 2.75) is 11.7 Å². The molecule has 0 unspecified atom stereocenters. The summed E-state index contributed by atoms with van der Waals surface area (Å²) in [5.41, 5.74) is 2.98. The van der Waals surface area contributed by atoms with E-state index in [0.717, 1.165) is 21.8 Å². The molecule has 106 valence electrons. The number of pyridine rings is 1. The number of aromatic nitrogens is 3. The van der Waals surface area contributed by atoms with E-state index >= 15 is 0 Å². The van der Waals surface area contributed by atoms with Gasteiger partial charge in [-0.2, -0.15) is 0 Å². The molecule has 6 heteroatoms. The average Bonchev–Trinajstić information content (AvgIpc) is 2.84. The fraction of sp³-hybridized carbons (Fsp3) is 0.133. The number of hydrogen-bond acceptors (Lipinski definition) is 4. The summed E-state index contributed by atoms with van der Waals surface area (Å²) in [5, 5.41) is 9.58. The summed E-state index contributed by atoms with van der Waals surface area (Å²) in [5.74, 6) is -0.845. The predicted octanol–water partition coefficient (Wildman–Crippen LogP) is 2.66. The highest BCUT2D eigenvalue weighted by Gasteiger charge is 2.12. The summed E-state index contributed by atoms with van der Waals surface area (Å²) in [6, 6.07) is 11.7. The van der Waals surface area contributed by atoms with E-state index in [1.54, 1.807) is 12.4 Å². The van der Waals surface area contributed by atoms with Crippen molar-refractivity contribution < 1.29 is 9.90 Å². The molecule has 21 heavy (non-hydrogen) atoms. The topological polar surface area (TPSA) is 68.0 Å². The van der Waals surface area contributed by atoms with Crippen LogP contribution in [0.25, 0.3) is 11.0 Å². The van der Waals surface area contributed by atoms with Gasteiger partial charge in [-0.25, -0.2) is 4.98 Å². The van der Waals surface area contributed by atoms with Crippen LogP contribution in [-0.4, -0.2) is 31.4 Å². The first-order chi connectivity index (χ1) is 10.2. The Labute approximate surface area is 125 Å². The van der Waals surface area contributed by atoms with Gasteiger partial charge in [-0.05, 0) is 29.8 Å². The molecular weight excluding hydrogens is 286 g/mol. The lowest BCUT2D eigenvalue weighted by Crippen LogP contribution is -2.04. The summed E-state index contributed by atoms with van der Waals surface area (Å²) in [6.45, 7) is 0.644. The fourth-order valence-corrected chi connectivity index (χ4v) is 2.85. The van der Waals surface area contributed by atoms with E-state index in [0.29, 0.717) is 6.54 Å². The van der Waals surface area contributed by atoms with Gasteiger partial charge in [0.05, 0.1) is 23.3 Å². The number of nitrogens with zero attached hydrogens (tertiary/aromatic N) is 3. The van der Waals surface area contributed by atoms with Gasteiger partial charge in [0.1, 0.15) is 0 Å². The van der Waals surface area contributed by atoms with Crippen molar-refractivity contribution in [3.05, 3.63) is 54.4 Å². The van der Waals surface area contributed by atoms with Gasteiger partial charge in [0, 0.05) is 12.4 Å². The molecule has 0 atom stereocenters. The number of benzene rings is 1. The first kappa shape index (κ1) is 13.6. The molecule has 1 aromatic carbocycles. The molecule has 3 rings (SSSR count). The van der Waals surface area contributed by atoms with E-state index in [-0.39, 0.29) is 5.75 Å². The highest BCUT2D eigenvalue weighted by atomic mass is 32.2. The second-order valence-electron chi connectivity index (χ2n) is 4.51. The van der Waals surface area contributed by atoms with E-state index in [1.165, 1.54) is 11.8 Å². The quantitative estimate of drug-likeness (QED) is 0.734. The molecule has 0 radical (unpaired) electrons. The Morgan fingerprint density at radius 2 is 1.95 bits per heavy atom. The molecule has 0 amide bonds. The molecule has 0 aliphatic carbocycles. The van der Waals surface area contributed by atoms with Crippen LogP contribution < -0.4 is 0 Å². The van der Waals surface area contributed by atoms with E-state index in [1.807, 2.05) is 41.0 Å². The lowest BCUT2D eigenvalue weighted by Gasteiger charge is -2.08. The zero-order valence-corrected chi connectivity index (χ0v) is 12.0. The normalized spacial score (nSPS) is 10.9. The minimum atomic E-state index is -0.845. The molecule has 0 spiro atoms. The maximum Gasteiger partial charge on any atom is 0.313 e. The molecule has 5 nitrogen and oxygen atoms in total. The Hall–Kier alpha value is -2.34. The second-order valence-corrected chi connectivity index (χ2v) is 5.45. The molecule has 0 saturated heterocycles. The molecular formula is C15H13N3O2S. The monoisotopic (exact) mass is 299 g/mol. The van der Waals surface area contributed by atoms with Gasteiger partial charge in [0.2, 0.25) is 0 Å². The van der Waals surface area contributed by atoms with E-state index in [4.69, 9.17) is 5.11 Å². The van der Waals surface area contributed by atoms with Gasteiger partial charge >= 0.3 is 5.97 Å². The number of aliphatic carboxylic acids is 1. The van der Waals surface area contributed by atoms with E-state index in [9.17, 15) is 4.79 Å². The number of fused-ring (bicyclic) bond motifs is 1. The van der Waals surface area contributed by atoms with Gasteiger partial charge < -0.3 is 9.67 Å². The highest BCUT2D eigenvalue weighted by Crippen LogP contribution is 2.25. The molecule has 0 saturated carbocycles. The summed E-state index contributed by atoms with van der Waals surface area (Å²) < 4.78 is 2.04. The van der Waals surface area contributed by atoms with Gasteiger partial charge in [-0.1, -0.05) is 23.9 Å². The van der Waals surface area contributed by atoms with Gasteiger partial charge in [-0.3, -0.25) is 9.78 Å². The van der Waals surface area contributed by atoms with Crippen LogP contribution >= 0.6 is 11.8 Å². The standard InChI is InChI=1S/C15H13N3O2S/c19-14(20)10-21-15-17-12-3-1-2-4-13(12)18(15)9-11-5-7-16-8-6-11/h1-8H,9-10H2,(H,19,20). The number of carboxylic acids is 1. The van der Waals surface area contributed by atoms with Crippen LogP contribution in [0.15, 0.2) is 53.9 Å². The van der Waals surface area contributed by atoms with Crippen molar-refractivity contribution in [3.8, 4) is 0 Å². The number of carboxylic acid groups (broad SMARTS) is 1. The third kappa shape index (κ3) is 3.05. The fourth-order valence-electron chi connectivity index (χ4n) is 2.11. The van der Waals surface area contributed by atoms with Crippen LogP contribution in [0.5, 0.6) is 0 Å². The number of carbonyl (C=O) groups is 1. The Morgan fingerprint density at radius 3 is 2.71 bits per heavy atom. The third-order valence-electron chi connectivity index (χ3n) is 3.03. The zero-order valence-electron chi connectivity index (χ0n) is 11.1. The van der Waals surface area contributed by atoms with Crippen molar-refractivity contribution in [3.63, 3.8) is 0 Å². The number of para-hydroxylation sites is 2. The summed E-state index contributed by atoms with van der Waals surface area (Å²) in [7, 11) is 0. The van der Waals surface area contributed by atoms with E-state index < -0.39 is 5.97 Å². The zero-order chi connectivity index (χ0) is 14.7. The lowest BCUT2D eigenvalue weighted by atomic mass is 10.2. The molecule has 0 aliphatic rings. The largest absolute Gasteiger partial charge is 0.481 e. The average molecular weight is 299 g/mol. The Kier molecular flexibility index (Phi) is 3.87. The summed E-state index contributed by atoms with van der Waals surface area (Å²) in [6.07, 6.45) is 3.50. The van der Waals surface area contributed by atoms with Crippen LogP contribution in [0, 0.1) is 0 Å². The number of hydrogen-bond donors (Lipinski definition) is 1. The summed E-state index contributed by atoms with van der Waals surface area (Å²) in [4.78, 5) is 19.3. The number of rotatable bonds is 5. The Morgan fingerprint density at radius 1 is 1.19 bits per heavy atom. The van der Waals surface area contributed by atoms with Gasteiger partial charge in [0.25, 0.3) is 0 Å². The molecule has 3 aromatic rings. The minimum absolute atomic E-state index is 0.000330. The highest BCUT2D eigenvalue weighted by molar-refractivity contribution is 7.99. The van der Waals surface area contributed by atoms with Crippen molar-refractivity contribution in [2.24, 2.45) is 0 Å². The second kappa shape index (κ2) is 5.97. The molecule has 0 fully saturated rings. The molecule has 0 aliphatic heterocycles. The van der Waals surface area contributed by atoms with Crippen LogP contribution in [0.1, 0.15) is 5.56 Å². The molecule has 0 bridgehead atoms. The molecule has 2 heterocycles. The first-order valence-electron chi connectivity index (χ1n) is 6.43. The van der Waals surface area contributed by atoms with Gasteiger partial charge in [-0.15, -0.1) is 0 Å². The summed E-state index contributed by atoms with van der Waals surface area (Å²) >= 11 is 1.24. The minimum Gasteiger partial charge on any atom is -0.481 e. The van der Waals surface area contributed by atoms with Crippen molar-refractivity contribution in [2.75, 3.05) is 5.75 Å². The van der Waals surface area contributed by atoms with E-state index in [2.05, 4.69) is 9.97 Å². The maximum absolute atomic E-state index is 10.8. The predicted molar refractivity (Wildman–Crippen MR) is 81.4 cm³/mol. The number of thioether (sulfide) groups is 1. The Balaban J connectivity index is 2.00. The van der Waals surface area contributed by atoms with Crippen molar-refractivity contribution in [1.29, 1.82) is 0 Å². The van der Waals surface area contributed by atoms with Crippen LogP contribution in [0.3, 0.4) is 0 Å².